The highest BCUT2D eigenvalue weighted by molar-refractivity contribution is 5.92. The van der Waals surface area contributed by atoms with Crippen molar-refractivity contribution in [3.63, 3.8) is 0 Å². The van der Waals surface area contributed by atoms with Gasteiger partial charge in [-0.25, -0.2) is 0 Å². The highest BCUT2D eigenvalue weighted by Crippen LogP contribution is 2.31. The first-order valence-electron chi connectivity index (χ1n) is 6.27. The normalized spacial score (nSPS) is 19.6. The standard InChI is InChI=1S/C14H16N2O2/c17-14(18)8-10-5-7-16(9-10)13-3-1-2-12-11(13)4-6-15-12/h1-4,6,10,15H,5,7-9H2,(H,17,18). The number of carboxylic acid groups (broad SMARTS) is 1. The van der Waals surface area contributed by atoms with Crippen molar-refractivity contribution < 1.29 is 9.90 Å². The van der Waals surface area contributed by atoms with Gasteiger partial charge < -0.3 is 15.0 Å². The number of benzene rings is 1. The van der Waals surface area contributed by atoms with Gasteiger partial charge in [0.1, 0.15) is 0 Å². The molecule has 3 rings (SSSR count). The first kappa shape index (κ1) is 11.1. The third kappa shape index (κ3) is 1.94. The molecule has 2 aromatic rings. The van der Waals surface area contributed by atoms with Crippen molar-refractivity contribution in [1.29, 1.82) is 0 Å². The largest absolute Gasteiger partial charge is 0.481 e. The summed E-state index contributed by atoms with van der Waals surface area (Å²) in [4.78, 5) is 16.2. The van der Waals surface area contributed by atoms with Gasteiger partial charge in [0.2, 0.25) is 0 Å². The van der Waals surface area contributed by atoms with Crippen molar-refractivity contribution in [3.05, 3.63) is 30.5 Å². The lowest BCUT2D eigenvalue weighted by molar-refractivity contribution is -0.137. The minimum absolute atomic E-state index is 0.275. The molecule has 0 amide bonds. The van der Waals surface area contributed by atoms with Crippen molar-refractivity contribution in [2.45, 2.75) is 12.8 Å². The number of nitrogens with zero attached hydrogens (tertiary/aromatic N) is 1. The van der Waals surface area contributed by atoms with Gasteiger partial charge in [-0.2, -0.15) is 0 Å². The van der Waals surface area contributed by atoms with Gasteiger partial charge in [0.05, 0.1) is 0 Å². The summed E-state index contributed by atoms with van der Waals surface area (Å²) in [6.07, 6.45) is 3.19. The molecule has 0 aliphatic carbocycles. The molecule has 1 aromatic heterocycles. The maximum Gasteiger partial charge on any atom is 0.303 e. The van der Waals surface area contributed by atoms with Gasteiger partial charge in [-0.3, -0.25) is 4.79 Å². The zero-order chi connectivity index (χ0) is 12.5. The lowest BCUT2D eigenvalue weighted by Gasteiger charge is -2.19. The number of rotatable bonds is 3. The Kier molecular flexibility index (Phi) is 2.70. The highest BCUT2D eigenvalue weighted by Gasteiger charge is 2.25. The van der Waals surface area contributed by atoms with E-state index in [-0.39, 0.29) is 12.3 Å². The lowest BCUT2D eigenvalue weighted by Crippen LogP contribution is -2.20. The fourth-order valence-electron chi connectivity index (χ4n) is 2.81. The zero-order valence-corrected chi connectivity index (χ0v) is 10.1. The van der Waals surface area contributed by atoms with Gasteiger partial charge >= 0.3 is 5.97 Å². The van der Waals surface area contributed by atoms with E-state index in [0.717, 1.165) is 25.0 Å². The third-order valence-corrected chi connectivity index (χ3v) is 3.66. The Bertz CT molecular complexity index is 576. The number of H-pyrrole nitrogens is 1. The number of aliphatic carboxylic acids is 1. The molecular formula is C14H16N2O2. The van der Waals surface area contributed by atoms with E-state index in [2.05, 4.69) is 28.1 Å². The number of carbonyl (C=O) groups is 1. The fraction of sp³-hybridized carbons (Fsp3) is 0.357. The van der Waals surface area contributed by atoms with Gasteiger partial charge in [0, 0.05) is 42.3 Å². The average molecular weight is 244 g/mol. The predicted molar refractivity (Wildman–Crippen MR) is 70.9 cm³/mol. The van der Waals surface area contributed by atoms with Gasteiger partial charge in [-0.15, -0.1) is 0 Å². The molecule has 18 heavy (non-hydrogen) atoms. The molecule has 0 bridgehead atoms. The molecule has 0 spiro atoms. The molecular weight excluding hydrogens is 228 g/mol. The summed E-state index contributed by atoms with van der Waals surface area (Å²) in [5.74, 6) is -0.418. The molecule has 94 valence electrons. The van der Waals surface area contributed by atoms with Crippen molar-refractivity contribution in [2.75, 3.05) is 18.0 Å². The Morgan fingerprint density at radius 2 is 2.33 bits per heavy atom. The van der Waals surface area contributed by atoms with Crippen molar-refractivity contribution >= 4 is 22.6 Å². The van der Waals surface area contributed by atoms with Gasteiger partial charge in [-0.1, -0.05) is 6.07 Å². The maximum absolute atomic E-state index is 10.7. The van der Waals surface area contributed by atoms with Gasteiger partial charge in [-0.05, 0) is 30.5 Å². The topological polar surface area (TPSA) is 56.3 Å². The van der Waals surface area contributed by atoms with Crippen molar-refractivity contribution in [2.24, 2.45) is 5.92 Å². The van der Waals surface area contributed by atoms with Crippen LogP contribution in [0.15, 0.2) is 30.5 Å². The number of nitrogens with one attached hydrogen (secondary N) is 1. The Balaban J connectivity index is 1.84. The van der Waals surface area contributed by atoms with Crippen LogP contribution in [-0.4, -0.2) is 29.1 Å². The summed E-state index contributed by atoms with van der Waals surface area (Å²) < 4.78 is 0. The van der Waals surface area contributed by atoms with Crippen LogP contribution in [0.2, 0.25) is 0 Å². The number of aromatic amines is 1. The second-order valence-corrected chi connectivity index (χ2v) is 4.91. The van der Waals surface area contributed by atoms with E-state index < -0.39 is 5.97 Å². The van der Waals surface area contributed by atoms with Crippen LogP contribution < -0.4 is 4.90 Å². The van der Waals surface area contributed by atoms with Crippen LogP contribution in [0.25, 0.3) is 10.9 Å². The van der Waals surface area contributed by atoms with E-state index in [1.807, 2.05) is 12.3 Å². The number of carboxylic acids is 1. The zero-order valence-electron chi connectivity index (χ0n) is 10.1. The van der Waals surface area contributed by atoms with Crippen LogP contribution in [0.4, 0.5) is 5.69 Å². The van der Waals surface area contributed by atoms with E-state index in [4.69, 9.17) is 5.11 Å². The minimum atomic E-state index is -0.693. The van der Waals surface area contributed by atoms with Crippen LogP contribution >= 0.6 is 0 Å². The first-order valence-corrected chi connectivity index (χ1v) is 6.27. The van der Waals surface area contributed by atoms with Crippen LogP contribution in [0.5, 0.6) is 0 Å². The Morgan fingerprint density at radius 3 is 3.17 bits per heavy atom. The molecule has 4 nitrogen and oxygen atoms in total. The van der Waals surface area contributed by atoms with Gasteiger partial charge in [0.25, 0.3) is 0 Å². The highest BCUT2D eigenvalue weighted by atomic mass is 16.4. The number of hydrogen-bond donors (Lipinski definition) is 2. The number of hydrogen-bond acceptors (Lipinski definition) is 2. The minimum Gasteiger partial charge on any atom is -0.481 e. The summed E-state index contributed by atoms with van der Waals surface area (Å²) in [5.41, 5.74) is 2.34. The molecule has 1 unspecified atom stereocenters. The summed E-state index contributed by atoms with van der Waals surface area (Å²) in [6, 6.07) is 8.29. The number of anilines is 1. The summed E-state index contributed by atoms with van der Waals surface area (Å²) >= 11 is 0. The van der Waals surface area contributed by atoms with E-state index in [1.54, 1.807) is 0 Å². The van der Waals surface area contributed by atoms with Gasteiger partial charge in [0.15, 0.2) is 0 Å². The lowest BCUT2D eigenvalue weighted by atomic mass is 10.1. The Labute approximate surface area is 105 Å². The quantitative estimate of drug-likeness (QED) is 0.872. The van der Waals surface area contributed by atoms with Crippen LogP contribution in [0.3, 0.4) is 0 Å². The molecule has 0 radical (unpaired) electrons. The second kappa shape index (κ2) is 4.37. The average Bonchev–Trinajstić information content (AvgIpc) is 2.95. The predicted octanol–water partition coefficient (Wildman–Crippen LogP) is 2.47. The summed E-state index contributed by atoms with van der Waals surface area (Å²) in [7, 11) is 0. The fourth-order valence-corrected chi connectivity index (χ4v) is 2.81. The molecule has 1 fully saturated rings. The Morgan fingerprint density at radius 1 is 1.44 bits per heavy atom. The van der Waals surface area contributed by atoms with E-state index in [0.29, 0.717) is 0 Å². The van der Waals surface area contributed by atoms with E-state index in [1.165, 1.54) is 11.1 Å². The van der Waals surface area contributed by atoms with Crippen molar-refractivity contribution in [3.8, 4) is 0 Å². The van der Waals surface area contributed by atoms with Crippen molar-refractivity contribution in [1.82, 2.24) is 4.98 Å². The monoisotopic (exact) mass is 244 g/mol. The van der Waals surface area contributed by atoms with E-state index >= 15 is 0 Å². The molecule has 0 saturated carbocycles. The molecule has 1 aliphatic rings. The summed E-state index contributed by atoms with van der Waals surface area (Å²) in [6.45, 7) is 1.79. The summed E-state index contributed by atoms with van der Waals surface area (Å²) in [5, 5.41) is 10.1. The molecule has 4 heteroatoms. The number of fused-ring (bicyclic) bond motifs is 1. The van der Waals surface area contributed by atoms with Crippen LogP contribution in [0, 0.1) is 5.92 Å². The molecule has 2 N–H and O–H groups in total. The molecule has 1 aromatic carbocycles. The maximum atomic E-state index is 10.7. The molecule has 1 aliphatic heterocycles. The smallest absolute Gasteiger partial charge is 0.303 e. The molecule has 2 heterocycles. The Hall–Kier alpha value is -1.97. The third-order valence-electron chi connectivity index (χ3n) is 3.66. The molecule has 1 atom stereocenters. The van der Waals surface area contributed by atoms with E-state index in [9.17, 15) is 4.79 Å². The second-order valence-electron chi connectivity index (χ2n) is 4.91. The molecule has 1 saturated heterocycles. The van der Waals surface area contributed by atoms with Crippen LogP contribution in [0.1, 0.15) is 12.8 Å². The van der Waals surface area contributed by atoms with Crippen LogP contribution in [-0.2, 0) is 4.79 Å². The first-order chi connectivity index (χ1) is 8.74. The number of aromatic nitrogens is 1. The SMILES string of the molecule is O=C(O)CC1CCN(c2cccc3[nH]ccc23)C1.